The van der Waals surface area contributed by atoms with Gasteiger partial charge in [0.1, 0.15) is 0 Å². The number of rotatable bonds is 3. The molecule has 0 atom stereocenters. The van der Waals surface area contributed by atoms with Crippen molar-refractivity contribution in [3.63, 3.8) is 0 Å². The summed E-state index contributed by atoms with van der Waals surface area (Å²) in [5, 5.41) is 8.56. The molecule has 5 heteroatoms. The van der Waals surface area contributed by atoms with E-state index in [1.807, 2.05) is 11.9 Å². The average Bonchev–Trinajstić information content (AvgIpc) is 2.04. The Hall–Kier alpha value is -0.420. The van der Waals surface area contributed by atoms with Gasteiger partial charge in [-0.05, 0) is 19.9 Å². The fourth-order valence-electron chi connectivity index (χ4n) is 1.56. The van der Waals surface area contributed by atoms with Gasteiger partial charge in [-0.25, -0.2) is 0 Å². The van der Waals surface area contributed by atoms with Crippen LogP contribution in [0.2, 0.25) is 0 Å². The van der Waals surface area contributed by atoms with Gasteiger partial charge in [0, 0.05) is 28.3 Å². The molecule has 0 aromatic heterocycles. The number of hydrogen-bond donors (Lipinski definition) is 1. The molecular formula is C8H15NO3S. The monoisotopic (exact) mass is 205 g/mol. The Balaban J connectivity index is 2.35. The first-order chi connectivity index (χ1) is 6.09. The second kappa shape index (κ2) is 4.72. The smallest absolute Gasteiger partial charge is 0.317 e. The highest BCUT2D eigenvalue weighted by Crippen LogP contribution is 2.14. The Morgan fingerprint density at radius 1 is 1.54 bits per heavy atom. The largest absolute Gasteiger partial charge is 0.480 e. The third-order valence-electron chi connectivity index (χ3n) is 2.37. The molecule has 1 rings (SSSR count). The van der Waals surface area contributed by atoms with Gasteiger partial charge in [-0.1, -0.05) is 0 Å². The number of nitrogens with zero attached hydrogens (tertiary/aromatic N) is 1. The molecule has 1 saturated heterocycles. The lowest BCUT2D eigenvalue weighted by Crippen LogP contribution is -2.40. The molecule has 1 fully saturated rings. The highest BCUT2D eigenvalue weighted by atomic mass is 32.2. The molecule has 76 valence electrons. The Labute approximate surface area is 80.4 Å². The average molecular weight is 205 g/mol. The zero-order valence-corrected chi connectivity index (χ0v) is 8.55. The molecule has 0 amide bonds. The number of carbonyl (C=O) groups is 1. The lowest BCUT2D eigenvalue weighted by atomic mass is 10.1. The summed E-state index contributed by atoms with van der Waals surface area (Å²) >= 11 is 0. The van der Waals surface area contributed by atoms with Gasteiger partial charge in [0.25, 0.3) is 0 Å². The zero-order valence-electron chi connectivity index (χ0n) is 7.73. The number of carboxylic acid groups (broad SMARTS) is 1. The van der Waals surface area contributed by atoms with Crippen LogP contribution in [0.5, 0.6) is 0 Å². The Morgan fingerprint density at radius 2 is 2.08 bits per heavy atom. The lowest BCUT2D eigenvalue weighted by Gasteiger charge is -2.29. The molecule has 0 aromatic carbocycles. The topological polar surface area (TPSA) is 57.6 Å². The van der Waals surface area contributed by atoms with E-state index in [-0.39, 0.29) is 6.54 Å². The minimum atomic E-state index is -0.797. The van der Waals surface area contributed by atoms with E-state index in [9.17, 15) is 9.00 Å². The molecule has 0 spiro atoms. The Morgan fingerprint density at radius 3 is 2.54 bits per heavy atom. The maximum Gasteiger partial charge on any atom is 0.317 e. The Bertz CT molecular complexity index is 209. The van der Waals surface area contributed by atoms with Gasteiger partial charge in [0.05, 0.1) is 6.54 Å². The maximum atomic E-state index is 11.0. The summed E-state index contributed by atoms with van der Waals surface area (Å²) in [7, 11) is 1.15. The molecule has 1 aliphatic heterocycles. The van der Waals surface area contributed by atoms with Crippen LogP contribution in [0.4, 0.5) is 0 Å². The van der Waals surface area contributed by atoms with Crippen molar-refractivity contribution in [3.05, 3.63) is 0 Å². The van der Waals surface area contributed by atoms with E-state index in [1.165, 1.54) is 0 Å². The highest BCUT2D eigenvalue weighted by molar-refractivity contribution is 7.85. The molecule has 1 N–H and O–H groups in total. The normalized spacial score (nSPS) is 29.1. The standard InChI is InChI=1S/C8H15NO3S/c1-9(6-8(10)11)7-2-4-13(12)5-3-7/h7H,2-6H2,1H3,(H,10,11). The van der Waals surface area contributed by atoms with E-state index in [0.717, 1.165) is 12.8 Å². The minimum Gasteiger partial charge on any atom is -0.480 e. The van der Waals surface area contributed by atoms with Crippen LogP contribution in [-0.2, 0) is 15.6 Å². The second-order valence-electron chi connectivity index (χ2n) is 3.39. The van der Waals surface area contributed by atoms with E-state index in [4.69, 9.17) is 5.11 Å². The molecule has 0 unspecified atom stereocenters. The summed E-state index contributed by atoms with van der Waals surface area (Å²) in [4.78, 5) is 12.2. The molecule has 0 aromatic rings. The second-order valence-corrected chi connectivity index (χ2v) is 5.08. The van der Waals surface area contributed by atoms with Crippen LogP contribution in [0.15, 0.2) is 0 Å². The molecule has 1 aliphatic rings. The van der Waals surface area contributed by atoms with Gasteiger partial charge in [-0.15, -0.1) is 0 Å². The SMILES string of the molecule is CN(CC(=O)O)C1CCS(=O)CC1. The molecule has 0 aliphatic carbocycles. The predicted molar refractivity (Wildman–Crippen MR) is 51.2 cm³/mol. The fourth-order valence-corrected chi connectivity index (χ4v) is 2.84. The van der Waals surface area contributed by atoms with Crippen molar-refractivity contribution in [2.45, 2.75) is 18.9 Å². The number of likely N-dealkylation sites (N-methyl/N-ethyl adjacent to an activating group) is 1. The maximum absolute atomic E-state index is 11.0. The van der Waals surface area contributed by atoms with Crippen LogP contribution in [-0.4, -0.2) is 51.3 Å². The number of aliphatic carboxylic acids is 1. The summed E-state index contributed by atoms with van der Waals surface area (Å²) in [6, 6.07) is 0.300. The quantitative estimate of drug-likeness (QED) is 0.700. The van der Waals surface area contributed by atoms with E-state index in [2.05, 4.69) is 0 Å². The van der Waals surface area contributed by atoms with E-state index in [0.29, 0.717) is 17.5 Å². The molecule has 4 nitrogen and oxygen atoms in total. The van der Waals surface area contributed by atoms with Crippen LogP contribution < -0.4 is 0 Å². The van der Waals surface area contributed by atoms with Crippen LogP contribution in [0.1, 0.15) is 12.8 Å². The van der Waals surface area contributed by atoms with Gasteiger partial charge in [0.15, 0.2) is 0 Å². The van der Waals surface area contributed by atoms with Crippen molar-refractivity contribution >= 4 is 16.8 Å². The summed E-state index contributed by atoms with van der Waals surface area (Å²) in [5.74, 6) is 0.637. The van der Waals surface area contributed by atoms with E-state index < -0.39 is 16.8 Å². The van der Waals surface area contributed by atoms with Crippen molar-refractivity contribution < 1.29 is 14.1 Å². The van der Waals surface area contributed by atoms with Crippen LogP contribution >= 0.6 is 0 Å². The molecular weight excluding hydrogens is 190 g/mol. The van der Waals surface area contributed by atoms with Gasteiger partial charge >= 0.3 is 5.97 Å². The molecule has 13 heavy (non-hydrogen) atoms. The molecule has 0 saturated carbocycles. The summed E-state index contributed by atoms with van der Waals surface area (Å²) < 4.78 is 11.0. The third kappa shape index (κ3) is 3.44. The highest BCUT2D eigenvalue weighted by Gasteiger charge is 2.22. The summed E-state index contributed by atoms with van der Waals surface area (Å²) in [5.41, 5.74) is 0. The van der Waals surface area contributed by atoms with Gasteiger partial charge in [0.2, 0.25) is 0 Å². The van der Waals surface area contributed by atoms with Crippen LogP contribution in [0, 0.1) is 0 Å². The first kappa shape index (κ1) is 10.7. The van der Waals surface area contributed by atoms with Crippen molar-refractivity contribution in [2.24, 2.45) is 0 Å². The van der Waals surface area contributed by atoms with Crippen molar-refractivity contribution in [1.29, 1.82) is 0 Å². The Kier molecular flexibility index (Phi) is 3.87. The van der Waals surface area contributed by atoms with E-state index >= 15 is 0 Å². The molecule has 0 bridgehead atoms. The van der Waals surface area contributed by atoms with Gasteiger partial charge in [-0.3, -0.25) is 13.9 Å². The van der Waals surface area contributed by atoms with Crippen LogP contribution in [0.3, 0.4) is 0 Å². The van der Waals surface area contributed by atoms with Gasteiger partial charge in [-0.2, -0.15) is 0 Å². The van der Waals surface area contributed by atoms with Crippen molar-refractivity contribution in [2.75, 3.05) is 25.1 Å². The first-order valence-corrected chi connectivity index (χ1v) is 5.85. The number of carboxylic acids is 1. The minimum absolute atomic E-state index is 0.0807. The van der Waals surface area contributed by atoms with Crippen molar-refractivity contribution in [3.8, 4) is 0 Å². The summed E-state index contributed by atoms with van der Waals surface area (Å²) in [6.45, 7) is 0.0807. The fraction of sp³-hybridized carbons (Fsp3) is 0.875. The van der Waals surface area contributed by atoms with Crippen molar-refractivity contribution in [1.82, 2.24) is 4.90 Å². The lowest BCUT2D eigenvalue weighted by molar-refractivity contribution is -0.138. The molecule has 1 heterocycles. The number of hydrogen-bond acceptors (Lipinski definition) is 3. The zero-order chi connectivity index (χ0) is 9.84. The summed E-state index contributed by atoms with van der Waals surface area (Å²) in [6.07, 6.45) is 1.72. The third-order valence-corrected chi connectivity index (χ3v) is 3.75. The van der Waals surface area contributed by atoms with Crippen LogP contribution in [0.25, 0.3) is 0 Å². The predicted octanol–water partition coefficient (Wildman–Crippen LogP) is -0.0861. The van der Waals surface area contributed by atoms with E-state index in [1.54, 1.807) is 0 Å². The first-order valence-electron chi connectivity index (χ1n) is 4.36. The van der Waals surface area contributed by atoms with Gasteiger partial charge < -0.3 is 5.11 Å². The molecule has 0 radical (unpaired) electrons.